The molecule has 0 heterocycles. The highest BCUT2D eigenvalue weighted by molar-refractivity contribution is 9.24. The van der Waals surface area contributed by atoms with Gasteiger partial charge in [0.1, 0.15) is 0 Å². The van der Waals surface area contributed by atoms with Gasteiger partial charge in [0, 0.05) is 5.75 Å². The number of hydrogen-bond acceptors (Lipinski definition) is 2. The molecule has 0 saturated carbocycles. The molecule has 0 spiro atoms. The Morgan fingerprint density at radius 1 is 1.71 bits per heavy atom. The third kappa shape index (κ3) is 7.07. The summed E-state index contributed by atoms with van der Waals surface area (Å²) in [5.74, 6) is 0.111. The van der Waals surface area contributed by atoms with E-state index in [9.17, 15) is 8.76 Å². The molecule has 0 aliphatic carbocycles. The van der Waals surface area contributed by atoms with E-state index in [2.05, 4.69) is 31.9 Å². The SMILES string of the molecule is O=S([O-])CC(Br)Br. The van der Waals surface area contributed by atoms with Gasteiger partial charge in [-0.3, -0.25) is 4.21 Å². The second-order valence-corrected chi connectivity index (χ2v) is 5.24. The van der Waals surface area contributed by atoms with Gasteiger partial charge in [0.2, 0.25) is 0 Å². The van der Waals surface area contributed by atoms with Crippen LogP contribution in [0.15, 0.2) is 0 Å². The maximum Gasteiger partial charge on any atom is 0.0801 e. The van der Waals surface area contributed by atoms with Crippen LogP contribution < -0.4 is 0 Å². The van der Waals surface area contributed by atoms with Crippen molar-refractivity contribution >= 4 is 42.9 Å². The van der Waals surface area contributed by atoms with Crippen molar-refractivity contribution in [3.05, 3.63) is 0 Å². The molecule has 0 bridgehead atoms. The lowest BCUT2D eigenvalue weighted by Gasteiger charge is -2.02. The lowest BCUT2D eigenvalue weighted by molar-refractivity contribution is 0.538. The number of hydrogen-bond donors (Lipinski definition) is 0. The molecule has 1 atom stereocenters. The third-order valence-corrected chi connectivity index (χ3v) is 2.37. The number of rotatable bonds is 2. The first-order valence-electron chi connectivity index (χ1n) is 1.47. The fourth-order valence-corrected chi connectivity index (χ4v) is 1.60. The second-order valence-electron chi connectivity index (χ2n) is 0.861. The zero-order valence-electron chi connectivity index (χ0n) is 3.27. The van der Waals surface area contributed by atoms with Crippen LogP contribution in [0.1, 0.15) is 0 Å². The van der Waals surface area contributed by atoms with Gasteiger partial charge >= 0.3 is 0 Å². The van der Waals surface area contributed by atoms with Crippen molar-refractivity contribution in [1.29, 1.82) is 0 Å². The Labute approximate surface area is 61.2 Å². The van der Waals surface area contributed by atoms with E-state index in [1.165, 1.54) is 0 Å². The Morgan fingerprint density at radius 3 is 2.14 bits per heavy atom. The number of alkyl halides is 2. The highest BCUT2D eigenvalue weighted by Gasteiger charge is 1.93. The van der Waals surface area contributed by atoms with Crippen LogP contribution in [-0.2, 0) is 11.1 Å². The van der Waals surface area contributed by atoms with Crippen LogP contribution in [0, 0.1) is 0 Å². The quantitative estimate of drug-likeness (QED) is 0.542. The lowest BCUT2D eigenvalue weighted by atomic mass is 11.0. The maximum absolute atomic E-state index is 9.75. The molecule has 0 aromatic rings. The van der Waals surface area contributed by atoms with Gasteiger partial charge in [0.25, 0.3) is 0 Å². The minimum Gasteiger partial charge on any atom is -0.772 e. The van der Waals surface area contributed by atoms with E-state index in [4.69, 9.17) is 0 Å². The summed E-state index contributed by atoms with van der Waals surface area (Å²) in [5, 5.41) is 0. The van der Waals surface area contributed by atoms with Gasteiger partial charge < -0.3 is 4.55 Å². The largest absolute Gasteiger partial charge is 0.772 e. The molecule has 44 valence electrons. The summed E-state index contributed by atoms with van der Waals surface area (Å²) in [6.45, 7) is 0. The van der Waals surface area contributed by atoms with Crippen molar-refractivity contribution in [3.8, 4) is 0 Å². The predicted molar refractivity (Wildman–Crippen MR) is 35.4 cm³/mol. The number of halogens is 2. The minimum atomic E-state index is -1.94. The van der Waals surface area contributed by atoms with Gasteiger partial charge in [-0.1, -0.05) is 42.9 Å². The van der Waals surface area contributed by atoms with Gasteiger partial charge in [0.15, 0.2) is 0 Å². The summed E-state index contributed by atoms with van der Waals surface area (Å²) in [4.78, 5) is 0. The summed E-state index contributed by atoms with van der Waals surface area (Å²) in [5.41, 5.74) is 0. The Morgan fingerprint density at radius 2 is 2.14 bits per heavy atom. The molecule has 0 saturated heterocycles. The van der Waals surface area contributed by atoms with Crippen LogP contribution in [-0.4, -0.2) is 18.3 Å². The zero-order chi connectivity index (χ0) is 5.86. The molecule has 0 aliphatic heterocycles. The first-order chi connectivity index (χ1) is 3.13. The van der Waals surface area contributed by atoms with E-state index in [1.54, 1.807) is 0 Å². The molecule has 0 aromatic heterocycles. The van der Waals surface area contributed by atoms with Gasteiger partial charge in [0.05, 0.1) is 3.74 Å². The van der Waals surface area contributed by atoms with Crippen molar-refractivity contribution in [3.63, 3.8) is 0 Å². The van der Waals surface area contributed by atoms with E-state index in [-0.39, 0.29) is 9.49 Å². The fraction of sp³-hybridized carbons (Fsp3) is 1.00. The Balaban J connectivity index is 3.13. The highest BCUT2D eigenvalue weighted by atomic mass is 79.9. The Hall–Kier alpha value is 1.07. The highest BCUT2D eigenvalue weighted by Crippen LogP contribution is 2.07. The Bertz CT molecular complexity index is 74.1. The van der Waals surface area contributed by atoms with E-state index < -0.39 is 11.1 Å². The van der Waals surface area contributed by atoms with Gasteiger partial charge in [-0.05, 0) is 0 Å². The average molecular weight is 251 g/mol. The molecule has 0 amide bonds. The zero-order valence-corrected chi connectivity index (χ0v) is 7.25. The van der Waals surface area contributed by atoms with Crippen molar-refractivity contribution in [2.24, 2.45) is 0 Å². The molecule has 0 fully saturated rings. The molecule has 0 N–H and O–H groups in total. The molecule has 1 unspecified atom stereocenters. The summed E-state index contributed by atoms with van der Waals surface area (Å²) in [7, 11) is 0. The van der Waals surface area contributed by atoms with Gasteiger partial charge in [-0.25, -0.2) is 0 Å². The van der Waals surface area contributed by atoms with Gasteiger partial charge in [-0.15, -0.1) is 0 Å². The van der Waals surface area contributed by atoms with Crippen LogP contribution in [0.4, 0.5) is 0 Å². The van der Waals surface area contributed by atoms with Crippen molar-refractivity contribution in [1.82, 2.24) is 0 Å². The van der Waals surface area contributed by atoms with E-state index >= 15 is 0 Å². The topological polar surface area (TPSA) is 40.1 Å². The molecular weight excluding hydrogens is 248 g/mol. The minimum absolute atomic E-state index is 0.111. The third-order valence-electron chi connectivity index (χ3n) is 0.262. The smallest absolute Gasteiger partial charge is 0.0801 e. The predicted octanol–water partition coefficient (Wildman–Crippen LogP) is 0.981. The summed E-state index contributed by atoms with van der Waals surface area (Å²) < 4.78 is 19.4. The molecule has 2 nitrogen and oxygen atoms in total. The first-order valence-corrected chi connectivity index (χ1v) is 4.54. The molecule has 0 aliphatic rings. The molecular formula is C2H3Br2O2S-. The first kappa shape index (κ1) is 8.07. The normalized spacial score (nSPS) is 14.9. The molecule has 7 heavy (non-hydrogen) atoms. The average Bonchev–Trinajstić information content (AvgIpc) is 1.27. The molecule has 0 rings (SSSR count). The molecule has 0 aromatic carbocycles. The van der Waals surface area contributed by atoms with Crippen LogP contribution in [0.3, 0.4) is 0 Å². The molecule has 5 heteroatoms. The summed E-state index contributed by atoms with van der Waals surface area (Å²) >= 11 is 4.06. The van der Waals surface area contributed by atoms with E-state index in [0.29, 0.717) is 0 Å². The van der Waals surface area contributed by atoms with Gasteiger partial charge in [-0.2, -0.15) is 0 Å². The second kappa shape index (κ2) is 4.00. The maximum atomic E-state index is 9.75. The van der Waals surface area contributed by atoms with Crippen LogP contribution in [0.25, 0.3) is 0 Å². The summed E-state index contributed by atoms with van der Waals surface area (Å²) in [6.07, 6.45) is 0. The lowest BCUT2D eigenvalue weighted by Crippen LogP contribution is -2.01. The van der Waals surface area contributed by atoms with Crippen molar-refractivity contribution in [2.45, 2.75) is 3.74 Å². The molecule has 0 radical (unpaired) electrons. The monoisotopic (exact) mass is 249 g/mol. The van der Waals surface area contributed by atoms with E-state index in [1.807, 2.05) is 0 Å². The van der Waals surface area contributed by atoms with Crippen molar-refractivity contribution < 1.29 is 8.76 Å². The van der Waals surface area contributed by atoms with Crippen LogP contribution in [0.5, 0.6) is 0 Å². The van der Waals surface area contributed by atoms with Crippen LogP contribution >= 0.6 is 31.9 Å². The van der Waals surface area contributed by atoms with Crippen LogP contribution in [0.2, 0.25) is 0 Å². The Kier molecular flexibility index (Phi) is 4.61. The fourth-order valence-electron chi connectivity index (χ4n) is 0.103. The standard InChI is InChI=1S/C2H4Br2O2S/c3-2(4)1-7(5)6/h2H,1H2,(H,5,6)/p-1. The van der Waals surface area contributed by atoms with E-state index in [0.717, 1.165) is 0 Å². The summed E-state index contributed by atoms with van der Waals surface area (Å²) in [6, 6.07) is 0. The van der Waals surface area contributed by atoms with Crippen molar-refractivity contribution in [2.75, 3.05) is 5.75 Å².